The summed E-state index contributed by atoms with van der Waals surface area (Å²) >= 11 is 7.70. The van der Waals surface area contributed by atoms with E-state index in [-0.39, 0.29) is 17.1 Å². The summed E-state index contributed by atoms with van der Waals surface area (Å²) in [4.78, 5) is 25.0. The fourth-order valence-electron chi connectivity index (χ4n) is 2.56. The first-order valence-electron chi connectivity index (χ1n) is 7.62. The van der Waals surface area contributed by atoms with Gasteiger partial charge >= 0.3 is 5.97 Å². The molecule has 5 nitrogen and oxygen atoms in total. The lowest BCUT2D eigenvalue weighted by atomic mass is 10.1. The lowest BCUT2D eigenvalue weighted by Crippen LogP contribution is -2.09. The highest BCUT2D eigenvalue weighted by Gasteiger charge is 2.24. The lowest BCUT2D eigenvalue weighted by Gasteiger charge is -2.13. The Morgan fingerprint density at radius 1 is 1.00 bits per heavy atom. The van der Waals surface area contributed by atoms with Crippen molar-refractivity contribution in [3.63, 3.8) is 0 Å². The zero-order valence-electron chi connectivity index (χ0n) is 14.3. The summed E-state index contributed by atoms with van der Waals surface area (Å²) in [5.41, 5.74) is 0.173. The van der Waals surface area contributed by atoms with Crippen LogP contribution in [0.3, 0.4) is 0 Å². The third kappa shape index (κ3) is 3.25. The summed E-state index contributed by atoms with van der Waals surface area (Å²) < 4.78 is 16.6. The van der Waals surface area contributed by atoms with Gasteiger partial charge in [0.05, 0.1) is 29.7 Å². The molecule has 7 heteroatoms. The van der Waals surface area contributed by atoms with Crippen LogP contribution in [0.4, 0.5) is 0 Å². The van der Waals surface area contributed by atoms with E-state index in [1.54, 1.807) is 0 Å². The van der Waals surface area contributed by atoms with Crippen molar-refractivity contribution in [2.24, 2.45) is 0 Å². The van der Waals surface area contributed by atoms with Gasteiger partial charge in [-0.25, -0.2) is 0 Å². The van der Waals surface area contributed by atoms with E-state index in [4.69, 9.17) is 25.8 Å². The number of esters is 1. The third-order valence-corrected chi connectivity index (χ3v) is 5.40. The number of carbonyl (C=O) groups excluding carboxylic acids is 2. The van der Waals surface area contributed by atoms with Gasteiger partial charge in [0.25, 0.3) is 0 Å². The number of thiophene rings is 1. The molecule has 0 saturated carbocycles. The molecule has 0 aliphatic rings. The molecular formula is C19H15ClO5S. The topological polar surface area (TPSA) is 61.8 Å². The van der Waals surface area contributed by atoms with Gasteiger partial charge in [-0.2, -0.15) is 0 Å². The van der Waals surface area contributed by atoms with Crippen LogP contribution in [0.2, 0.25) is 5.02 Å². The Kier molecular flexibility index (Phi) is 5.15. The Balaban J connectivity index is 2.18. The van der Waals surface area contributed by atoms with Crippen molar-refractivity contribution in [3.05, 3.63) is 51.9 Å². The molecule has 2 aromatic carbocycles. The Bertz CT molecular complexity index is 1010. The number of methoxy groups -OCH3 is 2. The van der Waals surface area contributed by atoms with Crippen LogP contribution < -0.4 is 14.2 Å². The molecule has 0 aliphatic carbocycles. The average molecular weight is 391 g/mol. The Morgan fingerprint density at radius 2 is 1.65 bits per heavy atom. The van der Waals surface area contributed by atoms with Crippen molar-refractivity contribution in [2.75, 3.05) is 14.2 Å². The summed E-state index contributed by atoms with van der Waals surface area (Å²) in [7, 11) is 2.92. The molecule has 0 N–H and O–H groups in total. The largest absolute Gasteiger partial charge is 0.493 e. The fraction of sp³-hybridized carbons (Fsp3) is 0.158. The van der Waals surface area contributed by atoms with E-state index in [0.29, 0.717) is 21.4 Å². The first-order chi connectivity index (χ1) is 12.5. The molecule has 1 heterocycles. The second-order valence-electron chi connectivity index (χ2n) is 5.37. The number of halogens is 1. The van der Waals surface area contributed by atoms with Crippen molar-refractivity contribution in [1.29, 1.82) is 0 Å². The van der Waals surface area contributed by atoms with Gasteiger partial charge in [0, 0.05) is 23.1 Å². The number of ketones is 1. The molecule has 26 heavy (non-hydrogen) atoms. The summed E-state index contributed by atoms with van der Waals surface area (Å²) in [6.07, 6.45) is 0. The molecule has 0 saturated heterocycles. The minimum atomic E-state index is -0.547. The number of benzene rings is 2. The smallest absolute Gasteiger partial charge is 0.308 e. The maximum Gasteiger partial charge on any atom is 0.308 e. The molecule has 3 rings (SSSR count). The first kappa shape index (κ1) is 18.2. The van der Waals surface area contributed by atoms with Gasteiger partial charge in [-0.05, 0) is 12.1 Å². The molecular weight excluding hydrogens is 376 g/mol. The van der Waals surface area contributed by atoms with Crippen LogP contribution in [0.15, 0.2) is 36.4 Å². The van der Waals surface area contributed by atoms with Crippen molar-refractivity contribution in [3.8, 4) is 17.2 Å². The number of ether oxygens (including phenoxy) is 3. The van der Waals surface area contributed by atoms with Crippen LogP contribution >= 0.6 is 22.9 Å². The zero-order chi connectivity index (χ0) is 18.8. The van der Waals surface area contributed by atoms with Gasteiger partial charge < -0.3 is 14.2 Å². The van der Waals surface area contributed by atoms with Crippen LogP contribution in [-0.2, 0) is 4.79 Å². The summed E-state index contributed by atoms with van der Waals surface area (Å²) in [6.45, 7) is 1.26. The number of carbonyl (C=O) groups is 2. The van der Waals surface area contributed by atoms with Crippen molar-refractivity contribution in [2.45, 2.75) is 6.92 Å². The van der Waals surface area contributed by atoms with E-state index >= 15 is 0 Å². The molecule has 0 aliphatic heterocycles. The van der Waals surface area contributed by atoms with Gasteiger partial charge in [0.2, 0.25) is 5.78 Å². The lowest BCUT2D eigenvalue weighted by molar-refractivity contribution is -0.131. The predicted molar refractivity (Wildman–Crippen MR) is 101 cm³/mol. The molecule has 3 aromatic rings. The molecule has 0 spiro atoms. The number of rotatable bonds is 5. The molecule has 1 aromatic heterocycles. The van der Waals surface area contributed by atoms with Gasteiger partial charge in [-0.15, -0.1) is 11.3 Å². The monoisotopic (exact) mass is 390 g/mol. The molecule has 0 radical (unpaired) electrons. The Labute approximate surface area is 159 Å². The molecule has 0 unspecified atom stereocenters. The van der Waals surface area contributed by atoms with E-state index in [0.717, 1.165) is 10.1 Å². The Morgan fingerprint density at radius 3 is 2.27 bits per heavy atom. The maximum absolute atomic E-state index is 13.1. The SMILES string of the molecule is COc1cc(OC(C)=O)c(C(=O)c2sc3ccccc3c2Cl)cc1OC. The second-order valence-corrected chi connectivity index (χ2v) is 6.80. The summed E-state index contributed by atoms with van der Waals surface area (Å²) in [5.74, 6) is -0.109. The predicted octanol–water partition coefficient (Wildman–Crippen LogP) is 4.73. The normalized spacial score (nSPS) is 10.6. The summed E-state index contributed by atoms with van der Waals surface area (Å²) in [6, 6.07) is 10.4. The fourth-order valence-corrected chi connectivity index (χ4v) is 4.03. The number of hydrogen-bond donors (Lipinski definition) is 0. The Hall–Kier alpha value is -2.57. The van der Waals surface area contributed by atoms with E-state index in [9.17, 15) is 9.59 Å². The molecule has 0 fully saturated rings. The van der Waals surface area contributed by atoms with Crippen LogP contribution in [0.1, 0.15) is 22.2 Å². The zero-order valence-corrected chi connectivity index (χ0v) is 15.9. The standard InChI is InChI=1S/C19H15ClO5S/c1-10(21)25-13-9-15(24-3)14(23-2)8-12(13)18(22)19-17(20)11-6-4-5-7-16(11)26-19/h4-9H,1-3H3. The highest BCUT2D eigenvalue weighted by Crippen LogP contribution is 2.40. The number of hydrogen-bond acceptors (Lipinski definition) is 6. The van der Waals surface area contributed by atoms with Crippen LogP contribution in [-0.4, -0.2) is 26.0 Å². The van der Waals surface area contributed by atoms with Gasteiger partial charge in [-0.3, -0.25) is 9.59 Å². The molecule has 134 valence electrons. The van der Waals surface area contributed by atoms with E-state index < -0.39 is 5.97 Å². The van der Waals surface area contributed by atoms with Gasteiger partial charge in [0.1, 0.15) is 5.75 Å². The number of fused-ring (bicyclic) bond motifs is 1. The minimum Gasteiger partial charge on any atom is -0.493 e. The van der Waals surface area contributed by atoms with Gasteiger partial charge in [0.15, 0.2) is 11.5 Å². The highest BCUT2D eigenvalue weighted by atomic mass is 35.5. The van der Waals surface area contributed by atoms with Crippen LogP contribution in [0.25, 0.3) is 10.1 Å². The quantitative estimate of drug-likeness (QED) is 0.358. The molecule has 0 atom stereocenters. The van der Waals surface area contributed by atoms with Crippen molar-refractivity contribution < 1.29 is 23.8 Å². The minimum absolute atomic E-state index is 0.0914. The van der Waals surface area contributed by atoms with Gasteiger partial charge in [-0.1, -0.05) is 29.8 Å². The third-order valence-electron chi connectivity index (χ3n) is 3.73. The van der Waals surface area contributed by atoms with Crippen LogP contribution in [0.5, 0.6) is 17.2 Å². The average Bonchev–Trinajstić information content (AvgIpc) is 2.97. The molecule has 0 bridgehead atoms. The highest BCUT2D eigenvalue weighted by molar-refractivity contribution is 7.21. The summed E-state index contributed by atoms with van der Waals surface area (Å²) in [5, 5.41) is 1.18. The maximum atomic E-state index is 13.1. The second kappa shape index (κ2) is 7.35. The van der Waals surface area contributed by atoms with E-state index in [2.05, 4.69) is 0 Å². The van der Waals surface area contributed by atoms with E-state index in [1.807, 2.05) is 24.3 Å². The van der Waals surface area contributed by atoms with Crippen molar-refractivity contribution in [1.82, 2.24) is 0 Å². The first-order valence-corrected chi connectivity index (χ1v) is 8.81. The molecule has 0 amide bonds. The van der Waals surface area contributed by atoms with Crippen molar-refractivity contribution >= 4 is 44.8 Å². The van der Waals surface area contributed by atoms with E-state index in [1.165, 1.54) is 44.6 Å². The van der Waals surface area contributed by atoms with Crippen LogP contribution in [0, 0.1) is 0 Å².